The van der Waals surface area contributed by atoms with Gasteiger partial charge in [0.05, 0.1) is 4.90 Å². The Hall–Kier alpha value is -2.25. The topological polar surface area (TPSA) is 66.5 Å². The molecule has 1 amide bonds. The van der Waals surface area contributed by atoms with Crippen LogP contribution in [0.2, 0.25) is 0 Å². The molecule has 0 aromatic heterocycles. The van der Waals surface area contributed by atoms with Crippen molar-refractivity contribution in [3.63, 3.8) is 0 Å². The summed E-state index contributed by atoms with van der Waals surface area (Å²) in [5.74, 6) is -0.966. The number of sulfonamides is 1. The first-order valence-corrected chi connectivity index (χ1v) is 9.74. The van der Waals surface area contributed by atoms with Crippen molar-refractivity contribution < 1.29 is 17.6 Å². The van der Waals surface area contributed by atoms with Crippen LogP contribution in [0.4, 0.5) is 10.1 Å². The summed E-state index contributed by atoms with van der Waals surface area (Å²) < 4.78 is 39.7. The third kappa shape index (κ3) is 3.50. The Kier molecular flexibility index (Phi) is 4.86. The number of anilines is 1. The van der Waals surface area contributed by atoms with Crippen LogP contribution in [0.1, 0.15) is 23.5 Å². The number of benzene rings is 2. The summed E-state index contributed by atoms with van der Waals surface area (Å²) in [6.45, 7) is 1.71. The summed E-state index contributed by atoms with van der Waals surface area (Å²) in [5.41, 5.74) is 1.57. The van der Waals surface area contributed by atoms with Crippen LogP contribution >= 0.6 is 0 Å². The number of halogens is 1. The van der Waals surface area contributed by atoms with E-state index in [-0.39, 0.29) is 28.5 Å². The molecule has 1 fully saturated rings. The Morgan fingerprint density at radius 2 is 1.88 bits per heavy atom. The van der Waals surface area contributed by atoms with Gasteiger partial charge in [-0.2, -0.15) is 0 Å². The average molecular weight is 376 g/mol. The fourth-order valence-electron chi connectivity index (χ4n) is 2.99. The molecule has 0 bridgehead atoms. The quantitative estimate of drug-likeness (QED) is 0.872. The summed E-state index contributed by atoms with van der Waals surface area (Å²) in [5, 5.41) is 2.76. The van der Waals surface area contributed by atoms with Gasteiger partial charge in [-0.3, -0.25) is 4.79 Å². The third-order valence-electron chi connectivity index (χ3n) is 4.65. The first-order valence-electron chi connectivity index (χ1n) is 8.30. The van der Waals surface area contributed by atoms with Crippen LogP contribution in [-0.2, 0) is 14.8 Å². The standard InChI is InChI=1S/C19H21FN2O3S/c1-12-8-9-13(10-18(12)26(24,25)22(2)3)21-19(23)16-11-15(16)14-6-4-5-7-17(14)20/h4-10,15-16H,11H2,1-3H3,(H,21,23). The van der Waals surface area contributed by atoms with Gasteiger partial charge in [0.1, 0.15) is 5.82 Å². The van der Waals surface area contributed by atoms with Gasteiger partial charge in [0.15, 0.2) is 0 Å². The molecule has 3 rings (SSSR count). The fraction of sp³-hybridized carbons (Fsp3) is 0.316. The molecule has 2 atom stereocenters. The summed E-state index contributed by atoms with van der Waals surface area (Å²) in [4.78, 5) is 12.6. The lowest BCUT2D eigenvalue weighted by molar-refractivity contribution is -0.117. The van der Waals surface area contributed by atoms with Crippen molar-refractivity contribution in [2.75, 3.05) is 19.4 Å². The molecular weight excluding hydrogens is 355 g/mol. The maximum atomic E-state index is 13.8. The molecule has 0 saturated heterocycles. The third-order valence-corrected chi connectivity index (χ3v) is 6.60. The zero-order valence-corrected chi connectivity index (χ0v) is 15.7. The van der Waals surface area contributed by atoms with Crippen LogP contribution in [0.3, 0.4) is 0 Å². The van der Waals surface area contributed by atoms with Crippen LogP contribution < -0.4 is 5.32 Å². The van der Waals surface area contributed by atoms with Gasteiger partial charge in [0, 0.05) is 25.7 Å². The van der Waals surface area contributed by atoms with Gasteiger partial charge in [-0.15, -0.1) is 0 Å². The molecule has 2 aromatic carbocycles. The van der Waals surface area contributed by atoms with Crippen molar-refractivity contribution in [2.24, 2.45) is 5.92 Å². The first-order chi connectivity index (χ1) is 12.2. The number of nitrogens with one attached hydrogen (secondary N) is 1. The number of aryl methyl sites for hydroxylation is 1. The zero-order valence-electron chi connectivity index (χ0n) is 14.9. The number of hydrogen-bond acceptors (Lipinski definition) is 3. The molecule has 0 heterocycles. The molecule has 0 radical (unpaired) electrons. The number of amides is 1. The molecule has 0 aliphatic heterocycles. The molecule has 5 nitrogen and oxygen atoms in total. The molecule has 138 valence electrons. The number of rotatable bonds is 5. The molecule has 0 spiro atoms. The Morgan fingerprint density at radius 1 is 1.19 bits per heavy atom. The van der Waals surface area contributed by atoms with Crippen molar-refractivity contribution in [3.05, 3.63) is 59.4 Å². The molecule has 2 unspecified atom stereocenters. The molecule has 2 aromatic rings. The lowest BCUT2D eigenvalue weighted by atomic mass is 10.1. The van der Waals surface area contributed by atoms with E-state index in [0.29, 0.717) is 23.2 Å². The second-order valence-corrected chi connectivity index (χ2v) is 8.85. The molecule has 1 aliphatic rings. The summed E-state index contributed by atoms with van der Waals surface area (Å²) >= 11 is 0. The van der Waals surface area contributed by atoms with Gasteiger partial charge in [-0.05, 0) is 48.6 Å². The van der Waals surface area contributed by atoms with Crippen LogP contribution in [0.15, 0.2) is 47.4 Å². The van der Waals surface area contributed by atoms with Gasteiger partial charge in [0.2, 0.25) is 15.9 Å². The van der Waals surface area contributed by atoms with E-state index in [9.17, 15) is 17.6 Å². The number of nitrogens with zero attached hydrogens (tertiary/aromatic N) is 1. The highest BCUT2D eigenvalue weighted by Gasteiger charge is 2.45. The van der Waals surface area contributed by atoms with Crippen LogP contribution in [0, 0.1) is 18.7 Å². The molecule has 7 heteroatoms. The Balaban J connectivity index is 1.76. The number of hydrogen-bond donors (Lipinski definition) is 1. The van der Waals surface area contributed by atoms with Gasteiger partial charge in [0.25, 0.3) is 0 Å². The Labute approximate surface area is 152 Å². The van der Waals surface area contributed by atoms with Crippen molar-refractivity contribution in [1.29, 1.82) is 0 Å². The van der Waals surface area contributed by atoms with E-state index in [1.165, 1.54) is 26.2 Å². The predicted octanol–water partition coefficient (Wildman–Crippen LogP) is 3.13. The molecule has 26 heavy (non-hydrogen) atoms. The van der Waals surface area contributed by atoms with E-state index >= 15 is 0 Å². The molecule has 1 aliphatic carbocycles. The van der Waals surface area contributed by atoms with Crippen molar-refractivity contribution in [2.45, 2.75) is 24.2 Å². The lowest BCUT2D eigenvalue weighted by Gasteiger charge is -2.15. The second-order valence-electron chi connectivity index (χ2n) is 6.73. The minimum Gasteiger partial charge on any atom is -0.326 e. The normalized spacial score (nSPS) is 19.4. The number of carbonyl (C=O) groups is 1. The first kappa shape index (κ1) is 18.5. The largest absolute Gasteiger partial charge is 0.326 e. The van der Waals surface area contributed by atoms with Crippen LogP contribution in [0.25, 0.3) is 0 Å². The van der Waals surface area contributed by atoms with Gasteiger partial charge < -0.3 is 5.32 Å². The van der Waals surface area contributed by atoms with Crippen LogP contribution in [0.5, 0.6) is 0 Å². The Morgan fingerprint density at radius 3 is 2.54 bits per heavy atom. The van der Waals surface area contributed by atoms with Gasteiger partial charge in [-0.1, -0.05) is 24.3 Å². The van der Waals surface area contributed by atoms with E-state index in [2.05, 4.69) is 5.32 Å². The highest BCUT2D eigenvalue weighted by molar-refractivity contribution is 7.89. The monoisotopic (exact) mass is 376 g/mol. The predicted molar refractivity (Wildman–Crippen MR) is 97.9 cm³/mol. The maximum Gasteiger partial charge on any atom is 0.242 e. The van der Waals surface area contributed by atoms with E-state index in [0.717, 1.165) is 4.31 Å². The fourth-order valence-corrected chi connectivity index (χ4v) is 4.14. The minimum atomic E-state index is -3.60. The van der Waals surface area contributed by atoms with E-state index in [1.807, 2.05) is 0 Å². The van der Waals surface area contributed by atoms with Crippen molar-refractivity contribution >= 4 is 21.6 Å². The molecule has 1 saturated carbocycles. The molecule has 1 N–H and O–H groups in total. The zero-order chi connectivity index (χ0) is 19.1. The summed E-state index contributed by atoms with van der Waals surface area (Å²) in [6, 6.07) is 11.2. The highest BCUT2D eigenvalue weighted by atomic mass is 32.2. The van der Waals surface area contributed by atoms with E-state index in [4.69, 9.17) is 0 Å². The highest BCUT2D eigenvalue weighted by Crippen LogP contribution is 2.48. The summed E-state index contributed by atoms with van der Waals surface area (Å²) in [6.07, 6.45) is 0.585. The molecular formula is C19H21FN2O3S. The van der Waals surface area contributed by atoms with Crippen molar-refractivity contribution in [1.82, 2.24) is 4.31 Å². The lowest BCUT2D eigenvalue weighted by Crippen LogP contribution is -2.23. The van der Waals surface area contributed by atoms with Gasteiger partial charge >= 0.3 is 0 Å². The SMILES string of the molecule is Cc1ccc(NC(=O)C2CC2c2ccccc2F)cc1S(=O)(=O)N(C)C. The van der Waals surface area contributed by atoms with Crippen molar-refractivity contribution in [3.8, 4) is 0 Å². The van der Waals surface area contributed by atoms with E-state index in [1.54, 1.807) is 37.3 Å². The number of carbonyl (C=O) groups excluding carboxylic acids is 1. The van der Waals surface area contributed by atoms with Crippen LogP contribution in [-0.4, -0.2) is 32.7 Å². The Bertz CT molecular complexity index is 957. The van der Waals surface area contributed by atoms with E-state index < -0.39 is 10.0 Å². The second kappa shape index (κ2) is 6.81. The average Bonchev–Trinajstić information content (AvgIpc) is 3.37. The summed E-state index contributed by atoms with van der Waals surface area (Å²) in [7, 11) is -0.674. The van der Waals surface area contributed by atoms with Gasteiger partial charge in [-0.25, -0.2) is 17.1 Å². The minimum absolute atomic E-state index is 0.133. The maximum absolute atomic E-state index is 13.8. The smallest absolute Gasteiger partial charge is 0.242 e.